The minimum Gasteiger partial charge on any atom is -0.345 e. The summed E-state index contributed by atoms with van der Waals surface area (Å²) in [7, 11) is -3.26. The van der Waals surface area contributed by atoms with Gasteiger partial charge >= 0.3 is 0 Å². The SMILES string of the molecule is CS(=O)(=O)c1ccc(C(=O)NC(c2ccc(Cl)cc2)C2CC2)cc1. The average Bonchev–Trinajstić information content (AvgIpc) is 3.37. The zero-order chi connectivity index (χ0) is 17.3. The molecule has 2 aromatic rings. The van der Waals surface area contributed by atoms with Crippen LogP contribution >= 0.6 is 11.6 Å². The summed E-state index contributed by atoms with van der Waals surface area (Å²) in [4.78, 5) is 12.7. The highest BCUT2D eigenvalue weighted by atomic mass is 35.5. The van der Waals surface area contributed by atoms with Gasteiger partial charge in [0.25, 0.3) is 5.91 Å². The molecule has 0 saturated heterocycles. The van der Waals surface area contributed by atoms with Crippen molar-refractivity contribution >= 4 is 27.3 Å². The topological polar surface area (TPSA) is 63.2 Å². The average molecular weight is 364 g/mol. The van der Waals surface area contributed by atoms with Gasteiger partial charge in [0.1, 0.15) is 0 Å². The fraction of sp³-hybridized carbons (Fsp3) is 0.278. The number of carbonyl (C=O) groups is 1. The number of amides is 1. The number of hydrogen-bond donors (Lipinski definition) is 1. The highest BCUT2D eigenvalue weighted by Gasteiger charge is 2.33. The molecule has 0 radical (unpaired) electrons. The van der Waals surface area contributed by atoms with Crippen molar-refractivity contribution in [2.45, 2.75) is 23.8 Å². The Kier molecular flexibility index (Phi) is 4.65. The van der Waals surface area contributed by atoms with Crippen LogP contribution in [-0.2, 0) is 9.84 Å². The monoisotopic (exact) mass is 363 g/mol. The van der Waals surface area contributed by atoms with Crippen molar-refractivity contribution in [2.75, 3.05) is 6.26 Å². The maximum Gasteiger partial charge on any atom is 0.251 e. The van der Waals surface area contributed by atoms with E-state index >= 15 is 0 Å². The minimum atomic E-state index is -3.26. The Morgan fingerprint density at radius 2 is 1.67 bits per heavy atom. The summed E-state index contributed by atoms with van der Waals surface area (Å²) in [6, 6.07) is 13.4. The molecule has 0 bridgehead atoms. The third-order valence-electron chi connectivity index (χ3n) is 4.15. The molecule has 24 heavy (non-hydrogen) atoms. The van der Waals surface area contributed by atoms with Gasteiger partial charge in [-0.25, -0.2) is 8.42 Å². The van der Waals surface area contributed by atoms with E-state index < -0.39 is 9.84 Å². The van der Waals surface area contributed by atoms with Crippen LogP contribution in [0.2, 0.25) is 5.02 Å². The van der Waals surface area contributed by atoms with Gasteiger partial charge in [0.05, 0.1) is 10.9 Å². The molecule has 1 N–H and O–H groups in total. The second-order valence-electron chi connectivity index (χ2n) is 6.14. The number of halogens is 1. The van der Waals surface area contributed by atoms with Crippen LogP contribution in [0.1, 0.15) is 34.8 Å². The van der Waals surface area contributed by atoms with Crippen LogP contribution in [0.25, 0.3) is 0 Å². The van der Waals surface area contributed by atoms with E-state index in [4.69, 9.17) is 11.6 Å². The second-order valence-corrected chi connectivity index (χ2v) is 8.59. The van der Waals surface area contributed by atoms with Crippen LogP contribution in [0, 0.1) is 5.92 Å². The molecule has 4 nitrogen and oxygen atoms in total. The van der Waals surface area contributed by atoms with Crippen molar-refractivity contribution in [2.24, 2.45) is 5.92 Å². The minimum absolute atomic E-state index is 0.0515. The van der Waals surface area contributed by atoms with E-state index in [-0.39, 0.29) is 16.8 Å². The van der Waals surface area contributed by atoms with E-state index in [0.29, 0.717) is 16.5 Å². The van der Waals surface area contributed by atoms with Crippen LogP contribution in [0.5, 0.6) is 0 Å². The van der Waals surface area contributed by atoms with E-state index in [1.54, 1.807) is 0 Å². The Morgan fingerprint density at radius 1 is 1.08 bits per heavy atom. The van der Waals surface area contributed by atoms with Crippen molar-refractivity contribution in [1.82, 2.24) is 5.32 Å². The van der Waals surface area contributed by atoms with Crippen molar-refractivity contribution in [3.8, 4) is 0 Å². The van der Waals surface area contributed by atoms with Crippen molar-refractivity contribution in [3.63, 3.8) is 0 Å². The Bertz CT molecular complexity index is 841. The molecule has 6 heteroatoms. The number of sulfone groups is 1. The number of carbonyl (C=O) groups excluding carboxylic acids is 1. The molecule has 3 rings (SSSR count). The van der Waals surface area contributed by atoms with Crippen LogP contribution in [-0.4, -0.2) is 20.6 Å². The summed E-state index contributed by atoms with van der Waals surface area (Å²) < 4.78 is 23.0. The van der Waals surface area contributed by atoms with Gasteiger partial charge in [0, 0.05) is 16.8 Å². The lowest BCUT2D eigenvalue weighted by Gasteiger charge is -2.19. The Hall–Kier alpha value is -1.85. The maximum atomic E-state index is 12.5. The zero-order valence-corrected chi connectivity index (χ0v) is 14.8. The van der Waals surface area contributed by atoms with Crippen LogP contribution < -0.4 is 5.32 Å². The van der Waals surface area contributed by atoms with Crippen molar-refractivity contribution < 1.29 is 13.2 Å². The van der Waals surface area contributed by atoms with Gasteiger partial charge in [-0.2, -0.15) is 0 Å². The molecule has 1 aliphatic carbocycles. The molecule has 1 unspecified atom stereocenters. The first kappa shape index (κ1) is 17.0. The third kappa shape index (κ3) is 3.97. The van der Waals surface area contributed by atoms with Gasteiger partial charge in [0.2, 0.25) is 0 Å². The standard InChI is InChI=1S/C18H18ClNO3S/c1-24(22,23)16-10-6-14(7-11-16)18(21)20-17(12-2-3-12)13-4-8-15(19)9-5-13/h4-12,17H,2-3H2,1H3,(H,20,21). The zero-order valence-electron chi connectivity index (χ0n) is 13.2. The normalized spacial score (nSPS) is 15.8. The quantitative estimate of drug-likeness (QED) is 0.882. The highest BCUT2D eigenvalue weighted by molar-refractivity contribution is 7.90. The van der Waals surface area contributed by atoms with Crippen LogP contribution in [0.15, 0.2) is 53.4 Å². The molecule has 0 heterocycles. The first-order chi connectivity index (χ1) is 11.3. The summed E-state index contributed by atoms with van der Waals surface area (Å²) in [5.74, 6) is 0.229. The predicted molar refractivity (Wildman–Crippen MR) is 93.9 cm³/mol. The van der Waals surface area contributed by atoms with Gasteiger partial charge in [-0.05, 0) is 60.7 Å². The molecule has 126 valence electrons. The van der Waals surface area contributed by atoms with Crippen molar-refractivity contribution in [1.29, 1.82) is 0 Å². The molecule has 0 spiro atoms. The summed E-state index contributed by atoms with van der Waals surface area (Å²) in [6.45, 7) is 0. The lowest BCUT2D eigenvalue weighted by atomic mass is 10.0. The van der Waals surface area contributed by atoms with E-state index in [2.05, 4.69) is 5.32 Å². The highest BCUT2D eigenvalue weighted by Crippen LogP contribution is 2.41. The largest absolute Gasteiger partial charge is 0.345 e. The summed E-state index contributed by atoms with van der Waals surface area (Å²) in [5.41, 5.74) is 1.48. The third-order valence-corrected chi connectivity index (χ3v) is 5.53. The van der Waals surface area contributed by atoms with Gasteiger partial charge in [-0.15, -0.1) is 0 Å². The Morgan fingerprint density at radius 3 is 2.17 bits per heavy atom. The molecule has 2 aromatic carbocycles. The smallest absolute Gasteiger partial charge is 0.251 e. The number of benzene rings is 2. The maximum absolute atomic E-state index is 12.5. The molecular weight excluding hydrogens is 346 g/mol. The Balaban J connectivity index is 1.78. The van der Waals surface area contributed by atoms with E-state index in [0.717, 1.165) is 24.7 Å². The van der Waals surface area contributed by atoms with Gasteiger partial charge in [0.15, 0.2) is 9.84 Å². The fourth-order valence-electron chi connectivity index (χ4n) is 2.65. The molecule has 1 fully saturated rings. The predicted octanol–water partition coefficient (Wildman–Crippen LogP) is 3.62. The molecule has 1 atom stereocenters. The first-order valence-electron chi connectivity index (χ1n) is 7.71. The van der Waals surface area contributed by atoms with Gasteiger partial charge in [-0.1, -0.05) is 23.7 Å². The number of rotatable bonds is 5. The van der Waals surface area contributed by atoms with Crippen LogP contribution in [0.4, 0.5) is 0 Å². The van der Waals surface area contributed by atoms with Crippen molar-refractivity contribution in [3.05, 3.63) is 64.7 Å². The van der Waals surface area contributed by atoms with E-state index in [1.165, 1.54) is 24.3 Å². The van der Waals surface area contributed by atoms with Gasteiger partial charge in [-0.3, -0.25) is 4.79 Å². The molecule has 1 aliphatic rings. The molecular formula is C18H18ClNO3S. The van der Waals surface area contributed by atoms with E-state index in [9.17, 15) is 13.2 Å². The number of hydrogen-bond acceptors (Lipinski definition) is 3. The molecule has 1 amide bonds. The summed E-state index contributed by atoms with van der Waals surface area (Å²) in [6.07, 6.45) is 3.31. The first-order valence-corrected chi connectivity index (χ1v) is 9.98. The number of nitrogens with one attached hydrogen (secondary N) is 1. The summed E-state index contributed by atoms with van der Waals surface area (Å²) >= 11 is 5.93. The fourth-order valence-corrected chi connectivity index (χ4v) is 3.41. The van der Waals surface area contributed by atoms with Crippen LogP contribution in [0.3, 0.4) is 0 Å². The molecule has 1 saturated carbocycles. The summed E-state index contributed by atoms with van der Waals surface area (Å²) in [5, 5.41) is 3.72. The molecule has 0 aliphatic heterocycles. The lowest BCUT2D eigenvalue weighted by Crippen LogP contribution is -2.29. The molecule has 0 aromatic heterocycles. The van der Waals surface area contributed by atoms with E-state index in [1.807, 2.05) is 24.3 Å². The lowest BCUT2D eigenvalue weighted by molar-refractivity contribution is 0.0931. The Labute approximate surface area is 146 Å². The second kappa shape index (κ2) is 6.57. The van der Waals surface area contributed by atoms with Gasteiger partial charge < -0.3 is 5.32 Å².